The lowest BCUT2D eigenvalue weighted by Gasteiger charge is -2.14. The van der Waals surface area contributed by atoms with E-state index in [1.807, 2.05) is 48.5 Å². The van der Waals surface area contributed by atoms with Gasteiger partial charge in [0.25, 0.3) is 0 Å². The summed E-state index contributed by atoms with van der Waals surface area (Å²) in [6.07, 6.45) is 4.36. The predicted octanol–water partition coefficient (Wildman–Crippen LogP) is 4.21. The van der Waals surface area contributed by atoms with Gasteiger partial charge in [-0.2, -0.15) is 0 Å². The van der Waals surface area contributed by atoms with Crippen LogP contribution in [-0.2, 0) is 0 Å². The van der Waals surface area contributed by atoms with Gasteiger partial charge in [-0.15, -0.1) is 0 Å². The number of aromatic hydroxyl groups is 1. The van der Waals surface area contributed by atoms with Crippen LogP contribution in [0.25, 0.3) is 33.4 Å². The maximum atomic E-state index is 10.5. The number of phenols is 1. The van der Waals surface area contributed by atoms with Crippen molar-refractivity contribution in [2.24, 2.45) is 5.73 Å². The zero-order valence-corrected chi connectivity index (χ0v) is 16.2. The van der Waals surface area contributed by atoms with Gasteiger partial charge in [-0.1, -0.05) is 25.1 Å². The fraction of sp³-hybridized carbons (Fsp3) is 0.174. The lowest BCUT2D eigenvalue weighted by molar-refractivity contribution is 0.477. The standard InChI is InChI=1S/C23H23N5O/c1-2-17(24)14-26-22-18-5-3-4-6-20(18)27-23(28-22)19-13-16(7-8-21(19)29)15-9-11-25-12-10-15/h3-13,17,29H,2,14,24H2,1H3,(H,26,27,28). The van der Waals surface area contributed by atoms with Gasteiger partial charge in [-0.3, -0.25) is 4.98 Å². The molecule has 2 aromatic heterocycles. The van der Waals surface area contributed by atoms with Crippen LogP contribution >= 0.6 is 0 Å². The summed E-state index contributed by atoms with van der Waals surface area (Å²) < 4.78 is 0. The first-order valence-corrected chi connectivity index (χ1v) is 9.65. The van der Waals surface area contributed by atoms with E-state index in [4.69, 9.17) is 15.7 Å². The number of hydrogen-bond acceptors (Lipinski definition) is 6. The number of nitrogens with two attached hydrogens (primary N) is 1. The van der Waals surface area contributed by atoms with Crippen LogP contribution in [0, 0.1) is 0 Å². The van der Waals surface area contributed by atoms with Gasteiger partial charge in [-0.25, -0.2) is 9.97 Å². The molecule has 6 heteroatoms. The van der Waals surface area contributed by atoms with E-state index >= 15 is 0 Å². The monoisotopic (exact) mass is 385 g/mol. The number of phenolic OH excluding ortho intramolecular Hbond substituents is 1. The van der Waals surface area contributed by atoms with Crippen molar-refractivity contribution in [1.82, 2.24) is 15.0 Å². The molecule has 0 fully saturated rings. The molecule has 4 N–H and O–H groups in total. The number of anilines is 1. The fourth-order valence-electron chi connectivity index (χ4n) is 3.14. The highest BCUT2D eigenvalue weighted by Crippen LogP contribution is 2.33. The van der Waals surface area contributed by atoms with E-state index in [0.717, 1.165) is 28.5 Å². The van der Waals surface area contributed by atoms with Crippen molar-refractivity contribution in [3.63, 3.8) is 0 Å². The first-order valence-electron chi connectivity index (χ1n) is 9.65. The molecule has 0 saturated carbocycles. The van der Waals surface area contributed by atoms with Gasteiger partial charge in [0.05, 0.1) is 11.1 Å². The average Bonchev–Trinajstić information content (AvgIpc) is 2.78. The molecule has 0 radical (unpaired) electrons. The number of hydrogen-bond donors (Lipinski definition) is 3. The van der Waals surface area contributed by atoms with Crippen LogP contribution in [0.5, 0.6) is 5.75 Å². The number of nitrogens with one attached hydrogen (secondary N) is 1. The van der Waals surface area contributed by atoms with E-state index in [0.29, 0.717) is 23.8 Å². The van der Waals surface area contributed by atoms with Crippen LogP contribution in [0.15, 0.2) is 67.0 Å². The van der Waals surface area contributed by atoms with Crippen LogP contribution in [0.4, 0.5) is 5.82 Å². The summed E-state index contributed by atoms with van der Waals surface area (Å²) in [5.74, 6) is 1.31. The summed E-state index contributed by atoms with van der Waals surface area (Å²) in [6, 6.07) is 17.1. The topological polar surface area (TPSA) is 97.0 Å². The summed E-state index contributed by atoms with van der Waals surface area (Å²) in [4.78, 5) is 13.5. The maximum Gasteiger partial charge on any atom is 0.165 e. The molecule has 0 aliphatic carbocycles. The highest BCUT2D eigenvalue weighted by atomic mass is 16.3. The van der Waals surface area contributed by atoms with Crippen molar-refractivity contribution >= 4 is 16.7 Å². The highest BCUT2D eigenvalue weighted by molar-refractivity contribution is 5.91. The number of rotatable bonds is 6. The van der Waals surface area contributed by atoms with Crippen LogP contribution in [0.3, 0.4) is 0 Å². The number of benzene rings is 2. The largest absolute Gasteiger partial charge is 0.507 e. The third-order valence-corrected chi connectivity index (χ3v) is 4.91. The molecule has 29 heavy (non-hydrogen) atoms. The molecule has 2 heterocycles. The van der Waals surface area contributed by atoms with Crippen LogP contribution in [0.2, 0.25) is 0 Å². The van der Waals surface area contributed by atoms with Gasteiger partial charge in [-0.05, 0) is 53.9 Å². The minimum absolute atomic E-state index is 0.0376. The first-order chi connectivity index (χ1) is 14.2. The normalized spacial score (nSPS) is 12.1. The summed E-state index contributed by atoms with van der Waals surface area (Å²) in [7, 11) is 0. The van der Waals surface area contributed by atoms with Gasteiger partial charge >= 0.3 is 0 Å². The summed E-state index contributed by atoms with van der Waals surface area (Å²) >= 11 is 0. The van der Waals surface area contributed by atoms with Gasteiger partial charge < -0.3 is 16.2 Å². The Bertz CT molecular complexity index is 1130. The molecule has 1 unspecified atom stereocenters. The first kappa shape index (κ1) is 18.8. The van der Waals surface area contributed by atoms with Crippen LogP contribution in [-0.4, -0.2) is 32.6 Å². The lowest BCUT2D eigenvalue weighted by Crippen LogP contribution is -2.28. The van der Waals surface area contributed by atoms with Gasteiger partial charge in [0.15, 0.2) is 5.82 Å². The second-order valence-electron chi connectivity index (χ2n) is 6.93. The molecule has 0 aliphatic heterocycles. The van der Waals surface area contributed by atoms with Crippen molar-refractivity contribution in [2.75, 3.05) is 11.9 Å². The third kappa shape index (κ3) is 4.02. The van der Waals surface area contributed by atoms with Crippen LogP contribution in [0.1, 0.15) is 13.3 Å². The van der Waals surface area contributed by atoms with E-state index in [9.17, 15) is 5.11 Å². The second-order valence-corrected chi connectivity index (χ2v) is 6.93. The molecule has 1 atom stereocenters. The Morgan fingerprint density at radius 2 is 1.79 bits per heavy atom. The fourth-order valence-corrected chi connectivity index (χ4v) is 3.14. The van der Waals surface area contributed by atoms with Crippen molar-refractivity contribution in [3.05, 3.63) is 67.0 Å². The Morgan fingerprint density at radius 1 is 1.00 bits per heavy atom. The molecule has 146 valence electrons. The molecule has 4 rings (SSSR count). The lowest BCUT2D eigenvalue weighted by atomic mass is 10.0. The molecule has 0 spiro atoms. The Hall–Kier alpha value is -3.51. The van der Waals surface area contributed by atoms with E-state index in [1.54, 1.807) is 18.5 Å². The number of aromatic nitrogens is 3. The molecule has 2 aromatic carbocycles. The third-order valence-electron chi connectivity index (χ3n) is 4.91. The molecule has 0 amide bonds. The Labute approximate surface area is 169 Å². The summed E-state index contributed by atoms with van der Waals surface area (Å²) in [5.41, 5.74) is 9.42. The average molecular weight is 385 g/mol. The number of nitrogens with zero attached hydrogens (tertiary/aromatic N) is 3. The van der Waals surface area contributed by atoms with Gasteiger partial charge in [0.1, 0.15) is 11.6 Å². The Balaban J connectivity index is 1.81. The molecule has 6 nitrogen and oxygen atoms in total. The Morgan fingerprint density at radius 3 is 2.59 bits per heavy atom. The minimum atomic E-state index is 0.0376. The quantitative estimate of drug-likeness (QED) is 0.460. The summed E-state index contributed by atoms with van der Waals surface area (Å²) in [5, 5.41) is 14.8. The summed E-state index contributed by atoms with van der Waals surface area (Å²) in [6.45, 7) is 2.67. The SMILES string of the molecule is CCC(N)CNc1nc(-c2cc(-c3ccncc3)ccc2O)nc2ccccc12. The van der Waals surface area contributed by atoms with Crippen molar-refractivity contribution in [2.45, 2.75) is 19.4 Å². The molecule has 0 aliphatic rings. The Kier molecular flexibility index (Phi) is 5.35. The van der Waals surface area contributed by atoms with E-state index < -0.39 is 0 Å². The van der Waals surface area contributed by atoms with E-state index in [1.165, 1.54) is 0 Å². The molecule has 0 bridgehead atoms. The minimum Gasteiger partial charge on any atom is -0.507 e. The van der Waals surface area contributed by atoms with Crippen LogP contribution < -0.4 is 11.1 Å². The number of para-hydroxylation sites is 1. The highest BCUT2D eigenvalue weighted by Gasteiger charge is 2.14. The van der Waals surface area contributed by atoms with E-state index in [2.05, 4.69) is 17.2 Å². The molecular formula is C23H23N5O. The zero-order valence-electron chi connectivity index (χ0n) is 16.2. The molecule has 4 aromatic rings. The predicted molar refractivity (Wildman–Crippen MR) is 117 cm³/mol. The molecular weight excluding hydrogens is 362 g/mol. The van der Waals surface area contributed by atoms with Gasteiger partial charge in [0, 0.05) is 30.4 Å². The number of fused-ring (bicyclic) bond motifs is 1. The van der Waals surface area contributed by atoms with Gasteiger partial charge in [0.2, 0.25) is 0 Å². The number of pyridine rings is 1. The maximum absolute atomic E-state index is 10.5. The molecule has 0 saturated heterocycles. The van der Waals surface area contributed by atoms with Crippen molar-refractivity contribution in [3.8, 4) is 28.3 Å². The van der Waals surface area contributed by atoms with Crippen molar-refractivity contribution in [1.29, 1.82) is 0 Å². The second kappa shape index (κ2) is 8.24. The smallest absolute Gasteiger partial charge is 0.165 e. The van der Waals surface area contributed by atoms with Crippen molar-refractivity contribution < 1.29 is 5.11 Å². The van der Waals surface area contributed by atoms with E-state index in [-0.39, 0.29) is 11.8 Å². The zero-order chi connectivity index (χ0) is 20.2.